The van der Waals surface area contributed by atoms with Gasteiger partial charge in [0.2, 0.25) is 0 Å². The standard InChI is InChI=1S/C26H28BrN5O3/c1-3-21(31(15-7-14-28)25(33)19-10-12-20(27)13-11-19)23-29-24-22(17(2)30-35-24)26(34)32(23)16-18-8-5-4-6-9-18/h4-6,8-13,21H,3,7,14-16,28H2,1-2H3. The molecule has 2 aromatic carbocycles. The van der Waals surface area contributed by atoms with E-state index in [-0.39, 0.29) is 17.2 Å². The molecule has 2 N–H and O–H groups in total. The van der Waals surface area contributed by atoms with Crippen molar-refractivity contribution in [1.29, 1.82) is 0 Å². The fourth-order valence-electron chi connectivity index (χ4n) is 4.22. The van der Waals surface area contributed by atoms with Gasteiger partial charge in [0, 0.05) is 16.6 Å². The van der Waals surface area contributed by atoms with E-state index in [0.717, 1.165) is 10.0 Å². The molecule has 1 atom stereocenters. The highest BCUT2D eigenvalue weighted by molar-refractivity contribution is 9.10. The van der Waals surface area contributed by atoms with E-state index >= 15 is 0 Å². The fourth-order valence-corrected chi connectivity index (χ4v) is 4.48. The Balaban J connectivity index is 1.86. The van der Waals surface area contributed by atoms with Crippen molar-refractivity contribution in [2.75, 3.05) is 13.1 Å². The van der Waals surface area contributed by atoms with Gasteiger partial charge in [-0.15, -0.1) is 0 Å². The number of aryl methyl sites for hydroxylation is 1. The third-order valence-corrected chi connectivity index (χ3v) is 6.52. The van der Waals surface area contributed by atoms with Gasteiger partial charge < -0.3 is 15.2 Å². The molecule has 0 aliphatic rings. The second-order valence-electron chi connectivity index (χ2n) is 8.37. The number of hydrogen-bond acceptors (Lipinski definition) is 6. The average Bonchev–Trinajstić information content (AvgIpc) is 3.25. The Morgan fingerprint density at radius 1 is 1.17 bits per heavy atom. The van der Waals surface area contributed by atoms with Crippen molar-refractivity contribution >= 4 is 32.9 Å². The Labute approximate surface area is 211 Å². The molecule has 4 aromatic rings. The molecular formula is C26H28BrN5O3. The molecule has 9 heteroatoms. The van der Waals surface area contributed by atoms with Crippen LogP contribution in [-0.4, -0.2) is 38.6 Å². The molecule has 1 unspecified atom stereocenters. The number of hydrogen-bond donors (Lipinski definition) is 1. The minimum Gasteiger partial charge on any atom is -0.335 e. The summed E-state index contributed by atoms with van der Waals surface area (Å²) in [5.41, 5.74) is 7.75. The Morgan fingerprint density at radius 3 is 2.54 bits per heavy atom. The molecule has 2 heterocycles. The summed E-state index contributed by atoms with van der Waals surface area (Å²) in [5, 5.41) is 4.32. The molecule has 0 aliphatic carbocycles. The van der Waals surface area contributed by atoms with Crippen molar-refractivity contribution in [3.63, 3.8) is 0 Å². The van der Waals surface area contributed by atoms with Crippen LogP contribution in [0.15, 0.2) is 68.4 Å². The number of amides is 1. The summed E-state index contributed by atoms with van der Waals surface area (Å²) < 4.78 is 7.91. The van der Waals surface area contributed by atoms with E-state index in [4.69, 9.17) is 15.2 Å². The van der Waals surface area contributed by atoms with Crippen LogP contribution >= 0.6 is 15.9 Å². The van der Waals surface area contributed by atoms with Crippen LogP contribution in [0.25, 0.3) is 11.1 Å². The first-order valence-electron chi connectivity index (χ1n) is 11.6. The summed E-state index contributed by atoms with van der Waals surface area (Å²) in [4.78, 5) is 33.8. The molecule has 0 fully saturated rings. The Kier molecular flexibility index (Phi) is 7.77. The van der Waals surface area contributed by atoms with Gasteiger partial charge in [-0.3, -0.25) is 14.2 Å². The molecule has 8 nitrogen and oxygen atoms in total. The Hall–Kier alpha value is -3.30. The van der Waals surface area contributed by atoms with Crippen LogP contribution in [0.5, 0.6) is 0 Å². The number of nitrogens with two attached hydrogens (primary N) is 1. The third-order valence-electron chi connectivity index (χ3n) is 6.00. The third kappa shape index (κ3) is 5.21. The number of carbonyl (C=O) groups excluding carboxylic acids is 1. The number of nitrogens with zero attached hydrogens (tertiary/aromatic N) is 4. The van der Waals surface area contributed by atoms with Crippen LogP contribution in [0.2, 0.25) is 0 Å². The summed E-state index contributed by atoms with van der Waals surface area (Å²) >= 11 is 3.42. The van der Waals surface area contributed by atoms with E-state index in [1.165, 1.54) is 0 Å². The molecule has 0 radical (unpaired) electrons. The molecule has 0 bridgehead atoms. The van der Waals surface area contributed by atoms with Crippen LogP contribution in [0.3, 0.4) is 0 Å². The van der Waals surface area contributed by atoms with Crippen LogP contribution < -0.4 is 11.3 Å². The number of fused-ring (bicyclic) bond motifs is 1. The molecule has 0 spiro atoms. The summed E-state index contributed by atoms with van der Waals surface area (Å²) in [5.74, 6) is 0.319. The first-order chi connectivity index (χ1) is 16.9. The number of aromatic nitrogens is 3. The van der Waals surface area contributed by atoms with E-state index in [2.05, 4.69) is 21.1 Å². The van der Waals surface area contributed by atoms with Crippen molar-refractivity contribution in [2.45, 2.75) is 39.3 Å². The van der Waals surface area contributed by atoms with Gasteiger partial charge in [0.1, 0.15) is 11.2 Å². The number of benzene rings is 2. The number of rotatable bonds is 9. The maximum absolute atomic E-state index is 13.7. The second kappa shape index (κ2) is 11.0. The lowest BCUT2D eigenvalue weighted by atomic mass is 10.1. The quantitative estimate of drug-likeness (QED) is 0.338. The minimum absolute atomic E-state index is 0.146. The van der Waals surface area contributed by atoms with Gasteiger partial charge in [-0.2, -0.15) is 4.98 Å². The molecule has 0 saturated carbocycles. The maximum atomic E-state index is 13.7. The van der Waals surface area contributed by atoms with Gasteiger partial charge in [-0.25, -0.2) is 0 Å². The topological polar surface area (TPSA) is 107 Å². The van der Waals surface area contributed by atoms with Crippen molar-refractivity contribution in [2.24, 2.45) is 5.73 Å². The zero-order valence-corrected chi connectivity index (χ0v) is 21.4. The van der Waals surface area contributed by atoms with E-state index in [1.807, 2.05) is 49.4 Å². The van der Waals surface area contributed by atoms with Crippen molar-refractivity contribution < 1.29 is 9.32 Å². The average molecular weight is 538 g/mol. The monoisotopic (exact) mass is 537 g/mol. The van der Waals surface area contributed by atoms with Crippen molar-refractivity contribution in [1.82, 2.24) is 19.6 Å². The summed E-state index contributed by atoms with van der Waals surface area (Å²) in [6.07, 6.45) is 1.16. The largest absolute Gasteiger partial charge is 0.335 e. The lowest BCUT2D eigenvalue weighted by Crippen LogP contribution is -2.40. The van der Waals surface area contributed by atoms with E-state index in [9.17, 15) is 9.59 Å². The SMILES string of the molecule is CCC(c1nc2onc(C)c2c(=O)n1Cc1ccccc1)N(CCCN)C(=O)c1ccc(Br)cc1. The normalized spacial score (nSPS) is 12.1. The van der Waals surface area contributed by atoms with E-state index in [1.54, 1.807) is 28.5 Å². The van der Waals surface area contributed by atoms with Crippen LogP contribution in [0.4, 0.5) is 0 Å². The van der Waals surface area contributed by atoms with E-state index < -0.39 is 6.04 Å². The first-order valence-corrected chi connectivity index (χ1v) is 12.4. The lowest BCUT2D eigenvalue weighted by Gasteiger charge is -2.32. The molecule has 2 aromatic heterocycles. The number of halogens is 1. The molecule has 0 aliphatic heterocycles. The maximum Gasteiger partial charge on any atom is 0.267 e. The van der Waals surface area contributed by atoms with Gasteiger partial charge in [-0.05, 0) is 56.1 Å². The van der Waals surface area contributed by atoms with Gasteiger partial charge in [0.15, 0.2) is 0 Å². The predicted molar refractivity (Wildman–Crippen MR) is 138 cm³/mol. The highest BCUT2D eigenvalue weighted by Crippen LogP contribution is 2.27. The summed E-state index contributed by atoms with van der Waals surface area (Å²) in [7, 11) is 0. The van der Waals surface area contributed by atoms with Crippen molar-refractivity contribution in [3.05, 3.63) is 92.1 Å². The van der Waals surface area contributed by atoms with Crippen LogP contribution in [0.1, 0.15) is 53.2 Å². The second-order valence-corrected chi connectivity index (χ2v) is 9.28. The van der Waals surface area contributed by atoms with Gasteiger partial charge in [-0.1, -0.05) is 58.3 Å². The van der Waals surface area contributed by atoms with Gasteiger partial charge >= 0.3 is 0 Å². The Morgan fingerprint density at radius 2 is 1.89 bits per heavy atom. The molecule has 1 amide bonds. The van der Waals surface area contributed by atoms with Gasteiger partial charge in [0.05, 0.1) is 18.3 Å². The van der Waals surface area contributed by atoms with E-state index in [0.29, 0.717) is 54.9 Å². The zero-order chi connectivity index (χ0) is 24.9. The summed E-state index contributed by atoms with van der Waals surface area (Å²) in [6.45, 7) is 4.88. The van der Waals surface area contributed by atoms with Crippen LogP contribution in [-0.2, 0) is 6.54 Å². The Bertz CT molecular complexity index is 1370. The fraction of sp³-hybridized carbons (Fsp3) is 0.308. The van der Waals surface area contributed by atoms with Crippen molar-refractivity contribution in [3.8, 4) is 0 Å². The zero-order valence-electron chi connectivity index (χ0n) is 19.8. The highest BCUT2D eigenvalue weighted by Gasteiger charge is 2.30. The minimum atomic E-state index is -0.469. The number of carbonyl (C=O) groups is 1. The van der Waals surface area contributed by atoms with Crippen LogP contribution in [0, 0.1) is 6.92 Å². The molecular weight excluding hydrogens is 510 g/mol. The van der Waals surface area contributed by atoms with Gasteiger partial charge in [0.25, 0.3) is 17.2 Å². The predicted octanol–water partition coefficient (Wildman–Crippen LogP) is 4.45. The molecule has 35 heavy (non-hydrogen) atoms. The smallest absolute Gasteiger partial charge is 0.267 e. The summed E-state index contributed by atoms with van der Waals surface area (Å²) in [6, 6.07) is 16.5. The molecule has 182 valence electrons. The molecule has 4 rings (SSSR count). The molecule has 0 saturated heterocycles. The first kappa shape index (κ1) is 24.8. The lowest BCUT2D eigenvalue weighted by molar-refractivity contribution is 0.0655. The highest BCUT2D eigenvalue weighted by atomic mass is 79.9.